The number of benzene rings is 1. The van der Waals surface area contributed by atoms with Gasteiger partial charge in [-0.3, -0.25) is 0 Å². The van der Waals surface area contributed by atoms with Crippen molar-refractivity contribution in [2.24, 2.45) is 0 Å². The monoisotopic (exact) mass is 267 g/mol. The first-order chi connectivity index (χ1) is 8.83. The number of hydrogen-bond donors (Lipinski definition) is 1. The van der Waals surface area contributed by atoms with Gasteiger partial charge in [0.15, 0.2) is 0 Å². The topological polar surface area (TPSA) is 21.3 Å². The summed E-state index contributed by atoms with van der Waals surface area (Å²) in [6.45, 7) is 5.50. The fourth-order valence-corrected chi connectivity index (χ4v) is 2.66. The zero-order valence-corrected chi connectivity index (χ0v) is 12.6. The molecule has 18 heavy (non-hydrogen) atoms. The van der Waals surface area contributed by atoms with Crippen LogP contribution in [0.1, 0.15) is 38.3 Å². The second-order valence-electron chi connectivity index (χ2n) is 4.21. The Kier molecular flexibility index (Phi) is 7.94. The van der Waals surface area contributed by atoms with Crippen LogP contribution in [-0.2, 0) is 0 Å². The lowest BCUT2D eigenvalue weighted by Gasteiger charge is -2.19. The van der Waals surface area contributed by atoms with Crippen molar-refractivity contribution in [3.63, 3.8) is 0 Å². The summed E-state index contributed by atoms with van der Waals surface area (Å²) in [4.78, 5) is 0. The Balaban J connectivity index is 2.49. The van der Waals surface area contributed by atoms with Crippen LogP contribution in [0.5, 0.6) is 5.75 Å². The Labute approximate surface area is 116 Å². The number of nitrogens with one attached hydrogen (secondary N) is 1. The van der Waals surface area contributed by atoms with Crippen molar-refractivity contribution in [2.45, 2.75) is 32.7 Å². The molecule has 1 aromatic rings. The Morgan fingerprint density at radius 2 is 2.06 bits per heavy atom. The highest BCUT2D eigenvalue weighted by Gasteiger charge is 2.12. The van der Waals surface area contributed by atoms with Crippen LogP contribution in [0.2, 0.25) is 0 Å². The maximum absolute atomic E-state index is 5.43. The molecule has 0 aliphatic heterocycles. The van der Waals surface area contributed by atoms with Gasteiger partial charge in [-0.2, -0.15) is 11.8 Å². The van der Waals surface area contributed by atoms with Crippen molar-refractivity contribution >= 4 is 11.8 Å². The van der Waals surface area contributed by atoms with E-state index in [1.165, 1.54) is 23.5 Å². The van der Waals surface area contributed by atoms with Crippen molar-refractivity contribution in [3.8, 4) is 5.75 Å². The molecule has 0 aromatic heterocycles. The van der Waals surface area contributed by atoms with E-state index in [-0.39, 0.29) is 0 Å². The van der Waals surface area contributed by atoms with E-state index >= 15 is 0 Å². The summed E-state index contributed by atoms with van der Waals surface area (Å²) in [6.07, 6.45) is 2.31. The molecule has 3 heteroatoms. The van der Waals surface area contributed by atoms with Gasteiger partial charge in [0.05, 0.1) is 7.11 Å². The Morgan fingerprint density at radius 3 is 2.72 bits per heavy atom. The first kappa shape index (κ1) is 15.4. The smallest absolute Gasteiger partial charge is 0.123 e. The lowest BCUT2D eigenvalue weighted by atomic mass is 10.0. The fraction of sp³-hybridized carbons (Fsp3) is 0.600. The Morgan fingerprint density at radius 1 is 1.28 bits per heavy atom. The van der Waals surface area contributed by atoms with Crippen LogP contribution in [0.25, 0.3) is 0 Å². The van der Waals surface area contributed by atoms with E-state index < -0.39 is 0 Å². The summed E-state index contributed by atoms with van der Waals surface area (Å²) < 4.78 is 5.43. The van der Waals surface area contributed by atoms with Crippen LogP contribution < -0.4 is 10.1 Å². The molecule has 0 aliphatic carbocycles. The van der Waals surface area contributed by atoms with E-state index in [1.54, 1.807) is 7.11 Å². The highest BCUT2D eigenvalue weighted by Crippen LogP contribution is 2.26. The molecule has 1 unspecified atom stereocenters. The molecule has 2 nitrogen and oxygen atoms in total. The van der Waals surface area contributed by atoms with Gasteiger partial charge < -0.3 is 10.1 Å². The van der Waals surface area contributed by atoms with Gasteiger partial charge in [-0.1, -0.05) is 32.0 Å². The SMILES string of the molecule is CCSCCCNC(CC)c1ccccc1OC. The molecular formula is C15H25NOS. The molecule has 0 saturated heterocycles. The number of methoxy groups -OCH3 is 1. The molecule has 1 N–H and O–H groups in total. The molecule has 0 radical (unpaired) electrons. The maximum Gasteiger partial charge on any atom is 0.123 e. The standard InChI is InChI=1S/C15H25NOS/c1-4-14(16-11-8-12-18-5-2)13-9-6-7-10-15(13)17-3/h6-7,9-10,14,16H,4-5,8,11-12H2,1-3H3. The third kappa shape index (κ3) is 4.91. The third-order valence-electron chi connectivity index (χ3n) is 2.98. The Hall–Kier alpha value is -0.670. The largest absolute Gasteiger partial charge is 0.496 e. The van der Waals surface area contributed by atoms with Crippen molar-refractivity contribution in [1.29, 1.82) is 0 Å². The van der Waals surface area contributed by atoms with E-state index in [0.717, 1.165) is 18.7 Å². The lowest BCUT2D eigenvalue weighted by molar-refractivity contribution is 0.397. The molecule has 0 spiro atoms. The quantitative estimate of drug-likeness (QED) is 0.686. The van der Waals surface area contributed by atoms with Gasteiger partial charge in [-0.15, -0.1) is 0 Å². The van der Waals surface area contributed by atoms with Gasteiger partial charge in [0.25, 0.3) is 0 Å². The zero-order chi connectivity index (χ0) is 13.2. The predicted octanol–water partition coefficient (Wildman–Crippen LogP) is 3.88. The minimum absolute atomic E-state index is 0.396. The first-order valence-electron chi connectivity index (χ1n) is 6.77. The zero-order valence-electron chi connectivity index (χ0n) is 11.7. The van der Waals surface area contributed by atoms with Crippen LogP contribution in [-0.4, -0.2) is 25.2 Å². The van der Waals surface area contributed by atoms with Crippen LogP contribution in [0.15, 0.2) is 24.3 Å². The normalized spacial score (nSPS) is 12.4. The molecule has 0 amide bonds. The minimum Gasteiger partial charge on any atom is -0.496 e. The van der Waals surface area contributed by atoms with Crippen LogP contribution in [0.3, 0.4) is 0 Å². The molecular weight excluding hydrogens is 242 g/mol. The van der Waals surface area contributed by atoms with Gasteiger partial charge in [0.1, 0.15) is 5.75 Å². The van der Waals surface area contributed by atoms with E-state index in [0.29, 0.717) is 6.04 Å². The van der Waals surface area contributed by atoms with Crippen LogP contribution >= 0.6 is 11.8 Å². The lowest BCUT2D eigenvalue weighted by Crippen LogP contribution is -2.22. The van der Waals surface area contributed by atoms with Gasteiger partial charge >= 0.3 is 0 Å². The van der Waals surface area contributed by atoms with E-state index in [1.807, 2.05) is 23.9 Å². The number of para-hydroxylation sites is 1. The van der Waals surface area contributed by atoms with Crippen molar-refractivity contribution < 1.29 is 4.74 Å². The highest BCUT2D eigenvalue weighted by molar-refractivity contribution is 7.99. The average molecular weight is 267 g/mol. The van der Waals surface area contributed by atoms with Crippen LogP contribution in [0.4, 0.5) is 0 Å². The van der Waals surface area contributed by atoms with Gasteiger partial charge in [-0.05, 0) is 37.0 Å². The van der Waals surface area contributed by atoms with E-state index in [9.17, 15) is 0 Å². The van der Waals surface area contributed by atoms with Crippen LogP contribution in [0, 0.1) is 0 Å². The number of rotatable bonds is 9. The summed E-state index contributed by atoms with van der Waals surface area (Å²) >= 11 is 2.01. The Bertz CT molecular complexity index is 330. The molecule has 0 bridgehead atoms. The van der Waals surface area contributed by atoms with E-state index in [4.69, 9.17) is 4.74 Å². The summed E-state index contributed by atoms with van der Waals surface area (Å²) in [5.41, 5.74) is 1.27. The number of thioether (sulfide) groups is 1. The molecule has 1 rings (SSSR count). The summed E-state index contributed by atoms with van der Waals surface area (Å²) in [5, 5.41) is 3.63. The second kappa shape index (κ2) is 9.29. The predicted molar refractivity (Wildman–Crippen MR) is 81.6 cm³/mol. The van der Waals surface area contributed by atoms with Gasteiger partial charge in [0, 0.05) is 11.6 Å². The summed E-state index contributed by atoms with van der Waals surface area (Å²) in [5.74, 6) is 3.44. The first-order valence-corrected chi connectivity index (χ1v) is 7.93. The van der Waals surface area contributed by atoms with Gasteiger partial charge in [-0.25, -0.2) is 0 Å². The second-order valence-corrected chi connectivity index (χ2v) is 5.60. The van der Waals surface area contributed by atoms with Gasteiger partial charge in [0.2, 0.25) is 0 Å². The number of hydrogen-bond acceptors (Lipinski definition) is 3. The maximum atomic E-state index is 5.43. The third-order valence-corrected chi connectivity index (χ3v) is 3.97. The van der Waals surface area contributed by atoms with Crippen molar-refractivity contribution in [3.05, 3.63) is 29.8 Å². The minimum atomic E-state index is 0.396. The highest BCUT2D eigenvalue weighted by atomic mass is 32.2. The number of ether oxygens (including phenoxy) is 1. The molecule has 0 aliphatic rings. The molecule has 0 fully saturated rings. The fourth-order valence-electron chi connectivity index (χ4n) is 2.02. The molecule has 1 aromatic carbocycles. The summed E-state index contributed by atoms with van der Waals surface area (Å²) in [6, 6.07) is 8.68. The van der Waals surface area contributed by atoms with Crippen molar-refractivity contribution in [1.82, 2.24) is 5.32 Å². The summed E-state index contributed by atoms with van der Waals surface area (Å²) in [7, 11) is 1.74. The molecule has 102 valence electrons. The molecule has 0 saturated carbocycles. The van der Waals surface area contributed by atoms with Crippen molar-refractivity contribution in [2.75, 3.05) is 25.2 Å². The van der Waals surface area contributed by atoms with E-state index in [2.05, 4.69) is 31.3 Å². The molecule has 0 heterocycles. The average Bonchev–Trinajstić information content (AvgIpc) is 2.43. The molecule has 1 atom stereocenters.